The Bertz CT molecular complexity index is 1360. The van der Waals surface area contributed by atoms with Gasteiger partial charge in [0.1, 0.15) is 11.5 Å². The van der Waals surface area contributed by atoms with Crippen LogP contribution in [0.5, 0.6) is 23.0 Å². The summed E-state index contributed by atoms with van der Waals surface area (Å²) in [5.41, 5.74) is 1.61. The Labute approximate surface area is 188 Å². The van der Waals surface area contributed by atoms with Crippen molar-refractivity contribution in [1.29, 1.82) is 0 Å². The van der Waals surface area contributed by atoms with E-state index >= 15 is 0 Å². The zero-order chi connectivity index (χ0) is 22.7. The molecule has 32 heavy (non-hydrogen) atoms. The van der Waals surface area contributed by atoms with Gasteiger partial charge in [-0.15, -0.1) is 5.10 Å². The van der Waals surface area contributed by atoms with Gasteiger partial charge in [-0.1, -0.05) is 17.4 Å². The van der Waals surface area contributed by atoms with Crippen LogP contribution < -0.4 is 29.0 Å². The van der Waals surface area contributed by atoms with E-state index in [9.17, 15) is 4.79 Å². The summed E-state index contributed by atoms with van der Waals surface area (Å²) < 4.78 is 23.2. The van der Waals surface area contributed by atoms with E-state index < -0.39 is 0 Å². The molecule has 8 nitrogen and oxygen atoms in total. The van der Waals surface area contributed by atoms with Crippen molar-refractivity contribution in [2.75, 3.05) is 28.4 Å². The monoisotopic (exact) mass is 453 g/mol. The summed E-state index contributed by atoms with van der Waals surface area (Å²) in [5.74, 6) is 3.32. The van der Waals surface area contributed by atoms with Crippen LogP contribution in [0.1, 0.15) is 17.0 Å². The Morgan fingerprint density at radius 3 is 2.34 bits per heavy atom. The van der Waals surface area contributed by atoms with Crippen molar-refractivity contribution in [2.45, 2.75) is 12.8 Å². The first-order valence-corrected chi connectivity index (χ1v) is 10.7. The highest BCUT2D eigenvalue weighted by Gasteiger charge is 2.12. The highest BCUT2D eigenvalue weighted by Crippen LogP contribution is 2.28. The second-order valence-corrected chi connectivity index (χ2v) is 7.94. The highest BCUT2D eigenvalue weighted by molar-refractivity contribution is 7.15. The van der Waals surface area contributed by atoms with Crippen molar-refractivity contribution in [3.05, 3.63) is 68.2 Å². The number of hydrogen-bond donors (Lipinski definition) is 0. The largest absolute Gasteiger partial charge is 0.497 e. The molecule has 0 saturated heterocycles. The normalized spacial score (nSPS) is 11.7. The molecule has 2 heterocycles. The lowest BCUT2D eigenvalue weighted by atomic mass is 10.1. The minimum Gasteiger partial charge on any atom is -0.497 e. The highest BCUT2D eigenvalue weighted by atomic mass is 32.1. The van der Waals surface area contributed by atoms with Crippen molar-refractivity contribution in [2.24, 2.45) is 0 Å². The zero-order valence-electron chi connectivity index (χ0n) is 18.2. The molecule has 2 aromatic heterocycles. The first-order valence-electron chi connectivity index (χ1n) is 9.89. The predicted octanol–water partition coefficient (Wildman–Crippen LogP) is 2.52. The third-order valence-corrected chi connectivity index (χ3v) is 5.99. The third-order valence-electron chi connectivity index (χ3n) is 5.03. The molecule has 0 saturated carbocycles. The average Bonchev–Trinajstić information content (AvgIpc) is 3.35. The van der Waals surface area contributed by atoms with E-state index in [-0.39, 0.29) is 5.56 Å². The molecule has 9 heteroatoms. The van der Waals surface area contributed by atoms with Crippen LogP contribution >= 0.6 is 11.3 Å². The summed E-state index contributed by atoms with van der Waals surface area (Å²) in [4.78, 5) is 18.0. The van der Waals surface area contributed by atoms with Gasteiger partial charge in [-0.3, -0.25) is 4.79 Å². The number of nitrogens with zero attached hydrogens (tertiary/aromatic N) is 3. The van der Waals surface area contributed by atoms with Crippen LogP contribution in [0.25, 0.3) is 11.0 Å². The molecule has 4 aromatic rings. The Hall–Kier alpha value is -3.59. The van der Waals surface area contributed by atoms with Gasteiger partial charge < -0.3 is 18.9 Å². The maximum absolute atomic E-state index is 12.9. The van der Waals surface area contributed by atoms with Crippen LogP contribution in [0.3, 0.4) is 0 Å². The van der Waals surface area contributed by atoms with Gasteiger partial charge in [0.05, 0.1) is 33.0 Å². The minimum absolute atomic E-state index is 0.209. The number of hydrogen-bond acceptors (Lipinski definition) is 8. The average molecular weight is 454 g/mol. The fourth-order valence-electron chi connectivity index (χ4n) is 3.37. The van der Waals surface area contributed by atoms with E-state index in [1.54, 1.807) is 40.6 Å². The number of rotatable bonds is 8. The second kappa shape index (κ2) is 9.27. The molecule has 2 aromatic carbocycles. The number of fused-ring (bicyclic) bond motifs is 1. The molecule has 0 fully saturated rings. The van der Waals surface area contributed by atoms with Gasteiger partial charge in [-0.25, -0.2) is 4.98 Å². The van der Waals surface area contributed by atoms with Crippen LogP contribution in [-0.2, 0) is 12.8 Å². The van der Waals surface area contributed by atoms with E-state index in [1.165, 1.54) is 15.9 Å². The van der Waals surface area contributed by atoms with Crippen LogP contribution in [0.15, 0.2) is 41.2 Å². The topological polar surface area (TPSA) is 84.2 Å². The van der Waals surface area contributed by atoms with Gasteiger partial charge in [0.25, 0.3) is 5.56 Å². The van der Waals surface area contributed by atoms with Crippen molar-refractivity contribution in [1.82, 2.24) is 14.6 Å². The second-order valence-electron chi connectivity index (χ2n) is 6.94. The summed E-state index contributed by atoms with van der Waals surface area (Å²) in [7, 11) is 6.40. The predicted molar refractivity (Wildman–Crippen MR) is 122 cm³/mol. The number of aryl methyl sites for hydroxylation is 2. The van der Waals surface area contributed by atoms with Crippen LogP contribution in [0.2, 0.25) is 0 Å². The summed E-state index contributed by atoms with van der Waals surface area (Å²) in [6, 6.07) is 11.2. The maximum atomic E-state index is 12.9. The molecule has 166 valence electrons. The Kier molecular flexibility index (Phi) is 6.27. The van der Waals surface area contributed by atoms with Gasteiger partial charge in [-0.2, -0.15) is 4.52 Å². The number of ether oxygens (including phenoxy) is 4. The van der Waals surface area contributed by atoms with E-state index in [0.717, 1.165) is 11.1 Å². The molecule has 4 rings (SSSR count). The van der Waals surface area contributed by atoms with Gasteiger partial charge in [0.2, 0.25) is 4.96 Å². The molecule has 0 bridgehead atoms. The van der Waals surface area contributed by atoms with Crippen LogP contribution in [0.4, 0.5) is 0 Å². The molecule has 0 unspecified atom stereocenters. The third kappa shape index (κ3) is 4.24. The fraction of sp³-hybridized carbons (Fsp3) is 0.261. The number of thiazole rings is 1. The molecular weight excluding hydrogens is 430 g/mol. The Morgan fingerprint density at radius 1 is 0.906 bits per heavy atom. The lowest BCUT2D eigenvalue weighted by Gasteiger charge is -2.08. The summed E-state index contributed by atoms with van der Waals surface area (Å²) in [6.07, 6.45) is 3.09. The first-order chi connectivity index (χ1) is 15.6. The molecule has 0 aliphatic heterocycles. The zero-order valence-corrected chi connectivity index (χ0v) is 19.1. The van der Waals surface area contributed by atoms with E-state index in [0.29, 0.717) is 51.2 Å². The van der Waals surface area contributed by atoms with Crippen LogP contribution in [-0.4, -0.2) is 43.0 Å². The molecule has 0 aliphatic rings. The standard InChI is InChI=1S/C23H23N3O5S/c1-28-16-7-9-17(29-2)15(12-16)13-20-22(27)26-23(32-20)24-21(25-26)10-6-14-5-8-18(30-3)19(11-14)31-4/h5,7-9,11-13H,6,10H2,1-4H3/b20-13-. The van der Waals surface area contributed by atoms with Crippen LogP contribution in [0, 0.1) is 0 Å². The van der Waals surface area contributed by atoms with E-state index in [4.69, 9.17) is 18.9 Å². The van der Waals surface area contributed by atoms with Gasteiger partial charge in [0, 0.05) is 12.0 Å². The van der Waals surface area contributed by atoms with Gasteiger partial charge in [0.15, 0.2) is 17.3 Å². The van der Waals surface area contributed by atoms with Gasteiger partial charge >= 0.3 is 0 Å². The fourth-order valence-corrected chi connectivity index (χ4v) is 4.28. The molecular formula is C23H23N3O5S. The number of benzene rings is 2. The quantitative estimate of drug-likeness (QED) is 0.405. The minimum atomic E-state index is -0.209. The molecule has 0 radical (unpaired) electrons. The molecule has 0 N–H and O–H groups in total. The smallest absolute Gasteiger partial charge is 0.291 e. The van der Waals surface area contributed by atoms with Crippen molar-refractivity contribution < 1.29 is 18.9 Å². The van der Waals surface area contributed by atoms with Gasteiger partial charge in [-0.05, 0) is 48.4 Å². The summed E-state index contributed by atoms with van der Waals surface area (Å²) in [5, 5.41) is 4.41. The Morgan fingerprint density at radius 2 is 1.66 bits per heavy atom. The summed E-state index contributed by atoms with van der Waals surface area (Å²) >= 11 is 1.29. The van der Waals surface area contributed by atoms with Crippen molar-refractivity contribution in [3.63, 3.8) is 0 Å². The number of methoxy groups -OCH3 is 4. The molecule has 0 spiro atoms. The Balaban J connectivity index is 1.59. The molecule has 0 amide bonds. The van der Waals surface area contributed by atoms with Crippen molar-refractivity contribution >= 4 is 22.4 Å². The maximum Gasteiger partial charge on any atom is 0.291 e. The SMILES string of the molecule is COc1ccc(OC)c(/C=c2\sc3nc(CCc4ccc(OC)c(OC)c4)nn3c2=O)c1. The van der Waals surface area contributed by atoms with Crippen molar-refractivity contribution in [3.8, 4) is 23.0 Å². The number of aromatic nitrogens is 3. The lowest BCUT2D eigenvalue weighted by molar-refractivity contribution is 0.354. The van der Waals surface area contributed by atoms with E-state index in [2.05, 4.69) is 10.1 Å². The van der Waals surface area contributed by atoms with E-state index in [1.807, 2.05) is 30.3 Å². The molecule has 0 atom stereocenters. The lowest BCUT2D eigenvalue weighted by Crippen LogP contribution is -2.24. The molecule has 0 aliphatic carbocycles. The first kappa shape index (κ1) is 21.6. The summed E-state index contributed by atoms with van der Waals surface area (Å²) in [6.45, 7) is 0.